The Morgan fingerprint density at radius 3 is 1.39 bits per heavy atom. The Kier molecular flexibility index (Phi) is 49.7. The molecule has 13 rings (SSSR count). The Labute approximate surface area is 802 Å². The number of nitrogens with zero attached hydrogens (tertiary/aromatic N) is 3. The Hall–Kier alpha value is -11.6. The summed E-state index contributed by atoms with van der Waals surface area (Å²) in [6.45, 7) is 37.2. The van der Waals surface area contributed by atoms with E-state index in [9.17, 15) is 38.4 Å². The van der Waals surface area contributed by atoms with Gasteiger partial charge in [0.1, 0.15) is 52.0 Å². The lowest BCUT2D eigenvalue weighted by Gasteiger charge is -2.32. The number of fused-ring (bicyclic) bond motifs is 3. The number of rotatable bonds is 28. The monoisotopic (exact) mass is 1870 g/mol. The number of benzene rings is 9. The second-order valence-electron chi connectivity index (χ2n) is 35.0. The summed E-state index contributed by atoms with van der Waals surface area (Å²) in [5, 5.41) is 13.3. The van der Waals surface area contributed by atoms with Gasteiger partial charge >= 0.3 is 47.8 Å². The molecule has 720 valence electrons. The van der Waals surface area contributed by atoms with Gasteiger partial charge < -0.3 is 52.1 Å². The van der Waals surface area contributed by atoms with Crippen LogP contribution in [0.5, 0.6) is 28.7 Å². The third kappa shape index (κ3) is 40.3. The molecule has 9 aromatic carbocycles. The summed E-state index contributed by atoms with van der Waals surface area (Å²) >= 11 is 11.9. The van der Waals surface area contributed by atoms with E-state index in [0.29, 0.717) is 85.9 Å². The molecule has 0 aliphatic heterocycles. The van der Waals surface area contributed by atoms with Crippen LogP contribution in [0.25, 0.3) is 32.8 Å². The highest BCUT2D eigenvalue weighted by Crippen LogP contribution is 2.37. The van der Waals surface area contributed by atoms with Gasteiger partial charge in [-0.15, -0.1) is 11.5 Å². The van der Waals surface area contributed by atoms with Crippen molar-refractivity contribution >= 4 is 92.5 Å². The third-order valence-corrected chi connectivity index (χ3v) is 22.0. The summed E-state index contributed by atoms with van der Waals surface area (Å²) in [4.78, 5) is 91.5. The zero-order valence-corrected chi connectivity index (χ0v) is 82.7. The number of esters is 8. The van der Waals surface area contributed by atoms with Crippen molar-refractivity contribution in [2.45, 2.75) is 226 Å². The Morgan fingerprint density at radius 2 is 0.843 bits per heavy atom. The van der Waals surface area contributed by atoms with E-state index in [2.05, 4.69) is 52.6 Å². The van der Waals surface area contributed by atoms with Crippen LogP contribution >= 0.6 is 23.2 Å². The molecule has 10 aromatic rings. The SMILES string of the molecule is C#Cc1ccc(OC(=O)C(C)C)cc1.CC(C)C(=O)OC1CCCCC1.CC(C)C(=O)OC1CCCCC1c1ccccc1.CC(C)C(=O)OC1Cc2ccccc2C1.CC(C)C(=O)Oc1ccc2ccccc2c1.CC(C)C(=O)Oc1cccc2ccccc12.CCOCCOCCOCCn1cc(-c2ccc(OC(=O)C(C)C)cc2)nn1.Cc1ccc(OC(=O)C(C)C)c(Cl)c1Cl. The van der Waals surface area contributed by atoms with Crippen LogP contribution in [-0.2, 0) is 86.2 Å². The molecule has 3 aliphatic rings. The number of aryl methyl sites for hydroxylation is 1. The summed E-state index contributed by atoms with van der Waals surface area (Å²) in [6, 6.07) is 63.4. The van der Waals surface area contributed by atoms with E-state index in [1.807, 2.05) is 205 Å². The van der Waals surface area contributed by atoms with Gasteiger partial charge in [-0.25, -0.2) is 4.68 Å². The van der Waals surface area contributed by atoms with Gasteiger partial charge in [0.05, 0.1) is 98.1 Å². The van der Waals surface area contributed by atoms with Gasteiger partial charge in [0.2, 0.25) is 0 Å². The average molecular weight is 1880 g/mol. The number of hydrogen-bond donors (Lipinski definition) is 0. The van der Waals surface area contributed by atoms with Crippen LogP contribution < -0.4 is 23.7 Å². The second-order valence-corrected chi connectivity index (χ2v) is 35.8. The summed E-state index contributed by atoms with van der Waals surface area (Å²) in [6.07, 6.45) is 19.5. The van der Waals surface area contributed by atoms with Gasteiger partial charge in [-0.1, -0.05) is 285 Å². The lowest BCUT2D eigenvalue weighted by Crippen LogP contribution is -2.30. The Bertz CT molecular complexity index is 5270. The minimum atomic E-state index is -0.322. The van der Waals surface area contributed by atoms with Crippen molar-refractivity contribution in [2.24, 2.45) is 47.3 Å². The topological polar surface area (TPSA) is 269 Å². The van der Waals surface area contributed by atoms with Crippen LogP contribution in [0.3, 0.4) is 0 Å². The molecule has 0 radical (unpaired) electrons. The van der Waals surface area contributed by atoms with Crippen molar-refractivity contribution in [3.8, 4) is 52.3 Å². The molecule has 0 amide bonds. The summed E-state index contributed by atoms with van der Waals surface area (Å²) in [5.41, 5.74) is 7.22. The highest BCUT2D eigenvalue weighted by molar-refractivity contribution is 6.43. The Morgan fingerprint density at radius 1 is 0.403 bits per heavy atom. The number of aromatic nitrogens is 3. The van der Waals surface area contributed by atoms with E-state index in [4.69, 9.17) is 81.7 Å². The standard InChI is InChI=1S/C20H29N3O5.C16H22O2.2C14H14O2.C13H16O2.C12H12O2.C11H12Cl2O2.C10H18O2/c1-4-25-11-12-27-14-13-26-10-9-23-15-19(21-22-23)17-5-7-18(8-6-17)28-20(24)16(2)3;1-12(2)16(17)18-15-11-7-6-10-14(15)13-8-4-3-5-9-13;1-10(2)14(15)16-13-9-5-7-11-6-3-4-8-12(11)13;1-10(2)14(15)16-13-8-7-11-5-3-4-6-12(11)9-13;1-9(2)13(14)15-12-7-10-5-3-4-6-11(10)8-12;1-4-10-5-7-11(8-6-10)14-12(13)9(2)3;1-6(2)11(14)15-8-5-4-7(3)9(12)10(8)13;1-8(2)10(11)12-9-6-4-3-5-7-9/h5-8,15-16H,4,9-14H2,1-3H3;3-5,8-9,12,14-15H,6-7,10-11H2,1-2H3;2*3-10H,1-2H3;3-6,9,12H,7-8H2,1-2H3;1,5-9H,2-3H3;4-6H,1-3H3;8-9H,3-7H2,1-2H3. The zero-order chi connectivity index (χ0) is 98.2. The van der Waals surface area contributed by atoms with Crippen LogP contribution in [0.2, 0.25) is 10.0 Å². The summed E-state index contributed by atoms with van der Waals surface area (Å²) < 4.78 is 60.3. The fraction of sp³-hybridized carbons (Fsp3) is 0.436. The number of ether oxygens (including phenoxy) is 11. The largest absolute Gasteiger partial charge is 0.462 e. The molecular weight excluding hydrogens is 1740 g/mol. The van der Waals surface area contributed by atoms with Gasteiger partial charge in [0.25, 0.3) is 0 Å². The fourth-order valence-electron chi connectivity index (χ4n) is 13.0. The van der Waals surface area contributed by atoms with Crippen LogP contribution in [0, 0.1) is 66.6 Å². The van der Waals surface area contributed by atoms with Crippen molar-refractivity contribution < 1.29 is 90.5 Å². The average Bonchev–Trinajstić information content (AvgIpc) is 1.56. The maximum absolute atomic E-state index is 11.8. The zero-order valence-electron chi connectivity index (χ0n) is 81.2. The number of hydrogen-bond acceptors (Lipinski definition) is 21. The minimum Gasteiger partial charge on any atom is -0.462 e. The summed E-state index contributed by atoms with van der Waals surface area (Å²) in [5.74, 6) is 3.32. The normalized spacial score (nSPS) is 13.8. The smallest absolute Gasteiger partial charge is 0.313 e. The Balaban J connectivity index is 0.000000238. The van der Waals surface area contributed by atoms with Crippen molar-refractivity contribution in [3.63, 3.8) is 0 Å². The van der Waals surface area contributed by atoms with E-state index in [1.54, 1.807) is 94.8 Å². The number of terminal acetylenes is 1. The lowest BCUT2D eigenvalue weighted by atomic mass is 9.81. The molecule has 0 N–H and O–H groups in total. The molecule has 22 nitrogen and oxygen atoms in total. The van der Waals surface area contributed by atoms with Gasteiger partial charge in [-0.05, 0) is 170 Å². The van der Waals surface area contributed by atoms with Crippen molar-refractivity contribution in [3.05, 3.63) is 244 Å². The van der Waals surface area contributed by atoms with Gasteiger partial charge in [0, 0.05) is 41.9 Å². The number of carbonyl (C=O) groups excluding carboxylic acids is 8. The van der Waals surface area contributed by atoms with Gasteiger partial charge in [0.15, 0.2) is 5.75 Å². The number of carbonyl (C=O) groups is 8. The first-order valence-electron chi connectivity index (χ1n) is 46.6. The molecule has 2 fully saturated rings. The molecule has 0 spiro atoms. The highest BCUT2D eigenvalue weighted by atomic mass is 35.5. The predicted molar refractivity (Wildman–Crippen MR) is 528 cm³/mol. The summed E-state index contributed by atoms with van der Waals surface area (Å²) in [7, 11) is 0. The van der Waals surface area contributed by atoms with Crippen molar-refractivity contribution in [1.29, 1.82) is 0 Å². The molecule has 0 bridgehead atoms. The first-order valence-corrected chi connectivity index (χ1v) is 47.3. The van der Waals surface area contributed by atoms with E-state index in [1.165, 1.54) is 48.8 Å². The molecule has 2 saturated carbocycles. The molecule has 134 heavy (non-hydrogen) atoms. The quantitative estimate of drug-likeness (QED) is 0.0145. The molecule has 0 saturated heterocycles. The van der Waals surface area contributed by atoms with E-state index in [0.717, 1.165) is 82.5 Å². The van der Waals surface area contributed by atoms with Gasteiger partial charge in [-0.2, -0.15) is 0 Å². The highest BCUT2D eigenvalue weighted by Gasteiger charge is 2.31. The van der Waals surface area contributed by atoms with E-state index >= 15 is 0 Å². The second kappa shape index (κ2) is 59.9. The maximum Gasteiger partial charge on any atom is 0.313 e. The molecule has 3 aliphatic carbocycles. The molecular formula is C110H137Cl2N3O19. The molecule has 24 heteroatoms. The van der Waals surface area contributed by atoms with Crippen LogP contribution in [-0.4, -0.2) is 121 Å². The first-order chi connectivity index (χ1) is 64.0. The van der Waals surface area contributed by atoms with Crippen LogP contribution in [0.4, 0.5) is 0 Å². The van der Waals surface area contributed by atoms with Crippen LogP contribution in [0.1, 0.15) is 209 Å². The minimum absolute atomic E-state index is 0.0203. The molecule has 1 heterocycles. The predicted octanol–water partition coefficient (Wildman–Crippen LogP) is 24.3. The third-order valence-electron chi connectivity index (χ3n) is 21.0. The molecule has 2 atom stereocenters. The lowest BCUT2D eigenvalue weighted by molar-refractivity contribution is -0.156. The van der Waals surface area contributed by atoms with Crippen LogP contribution in [0.15, 0.2) is 206 Å². The van der Waals surface area contributed by atoms with Crippen molar-refractivity contribution in [1.82, 2.24) is 15.0 Å². The fourth-order valence-corrected chi connectivity index (χ4v) is 13.4. The van der Waals surface area contributed by atoms with Gasteiger partial charge in [-0.3, -0.25) is 38.4 Å². The van der Waals surface area contributed by atoms with E-state index < -0.39 is 0 Å². The molecule has 2 unspecified atom stereocenters. The maximum atomic E-state index is 11.8. The molecule has 1 aromatic heterocycles. The van der Waals surface area contributed by atoms with Crippen molar-refractivity contribution in [2.75, 3.05) is 39.6 Å². The first kappa shape index (κ1) is 111. The van der Waals surface area contributed by atoms with E-state index in [-0.39, 0.29) is 118 Å². The number of halogens is 2.